The lowest BCUT2D eigenvalue weighted by Crippen LogP contribution is -2.18. The number of carbonyl (C=O) groups is 1. The molecule has 2 N–H and O–H groups in total. The van der Waals surface area contributed by atoms with Crippen LogP contribution in [0, 0.1) is 11.7 Å². The summed E-state index contributed by atoms with van der Waals surface area (Å²) in [5.41, 5.74) is 0.502. The molecule has 2 rings (SSSR count). The van der Waals surface area contributed by atoms with E-state index in [1.807, 2.05) is 0 Å². The van der Waals surface area contributed by atoms with Gasteiger partial charge in [-0.25, -0.2) is 4.39 Å². The molecular formula is C12H14BrFN2O. The Labute approximate surface area is 108 Å². The fourth-order valence-corrected chi connectivity index (χ4v) is 2.18. The van der Waals surface area contributed by atoms with Crippen LogP contribution in [0.4, 0.5) is 10.1 Å². The molecule has 1 unspecified atom stereocenters. The zero-order valence-corrected chi connectivity index (χ0v) is 10.9. The van der Waals surface area contributed by atoms with E-state index in [1.54, 1.807) is 12.1 Å². The topological polar surface area (TPSA) is 41.1 Å². The Bertz CT molecular complexity index is 419. The van der Waals surface area contributed by atoms with E-state index in [0.717, 1.165) is 19.5 Å². The minimum atomic E-state index is -0.370. The van der Waals surface area contributed by atoms with Crippen molar-refractivity contribution >= 4 is 27.5 Å². The normalized spacial score (nSPS) is 19.3. The van der Waals surface area contributed by atoms with E-state index < -0.39 is 0 Å². The molecule has 1 aliphatic rings. The van der Waals surface area contributed by atoms with E-state index in [1.165, 1.54) is 6.07 Å². The number of anilines is 1. The maximum absolute atomic E-state index is 13.2. The Balaban J connectivity index is 1.90. The fraction of sp³-hybridized carbons (Fsp3) is 0.417. The zero-order chi connectivity index (χ0) is 12.3. The molecule has 0 aliphatic carbocycles. The third kappa shape index (κ3) is 3.51. The van der Waals surface area contributed by atoms with Crippen molar-refractivity contribution < 1.29 is 9.18 Å². The molecule has 3 nitrogen and oxygen atoms in total. The second kappa shape index (κ2) is 5.60. The van der Waals surface area contributed by atoms with Crippen LogP contribution in [0.3, 0.4) is 0 Å². The van der Waals surface area contributed by atoms with Gasteiger partial charge in [0.2, 0.25) is 5.91 Å². The summed E-state index contributed by atoms with van der Waals surface area (Å²) in [6.45, 7) is 1.87. The molecule has 1 aromatic rings. The number of amides is 1. The molecule has 1 amide bonds. The van der Waals surface area contributed by atoms with Crippen molar-refractivity contribution in [2.24, 2.45) is 5.92 Å². The molecule has 0 bridgehead atoms. The molecule has 1 heterocycles. The van der Waals surface area contributed by atoms with Crippen molar-refractivity contribution in [3.8, 4) is 0 Å². The lowest BCUT2D eigenvalue weighted by atomic mass is 10.0. The molecule has 1 aromatic carbocycles. The molecule has 5 heteroatoms. The van der Waals surface area contributed by atoms with Gasteiger partial charge in [0.05, 0.1) is 4.47 Å². The summed E-state index contributed by atoms with van der Waals surface area (Å²) in [4.78, 5) is 11.7. The molecule has 92 valence electrons. The van der Waals surface area contributed by atoms with Crippen molar-refractivity contribution in [1.82, 2.24) is 5.32 Å². The van der Waals surface area contributed by atoms with Crippen LogP contribution in [0.5, 0.6) is 0 Å². The van der Waals surface area contributed by atoms with Gasteiger partial charge in [-0.15, -0.1) is 0 Å². The van der Waals surface area contributed by atoms with Gasteiger partial charge < -0.3 is 10.6 Å². The highest BCUT2D eigenvalue weighted by Gasteiger charge is 2.18. The highest BCUT2D eigenvalue weighted by molar-refractivity contribution is 9.10. The zero-order valence-electron chi connectivity index (χ0n) is 9.30. The highest BCUT2D eigenvalue weighted by Crippen LogP contribution is 2.20. The maximum Gasteiger partial charge on any atom is 0.224 e. The summed E-state index contributed by atoms with van der Waals surface area (Å²) >= 11 is 3.07. The average Bonchev–Trinajstić information content (AvgIpc) is 2.76. The van der Waals surface area contributed by atoms with E-state index in [2.05, 4.69) is 26.6 Å². The van der Waals surface area contributed by atoms with Crippen molar-refractivity contribution in [3.63, 3.8) is 0 Å². The molecule has 17 heavy (non-hydrogen) atoms. The third-order valence-electron chi connectivity index (χ3n) is 2.84. The van der Waals surface area contributed by atoms with E-state index in [9.17, 15) is 9.18 Å². The van der Waals surface area contributed by atoms with Gasteiger partial charge in [-0.2, -0.15) is 0 Å². The number of nitrogens with one attached hydrogen (secondary N) is 2. The van der Waals surface area contributed by atoms with Crippen molar-refractivity contribution in [2.45, 2.75) is 12.8 Å². The minimum absolute atomic E-state index is 0.0552. The Morgan fingerprint density at radius 3 is 3.06 bits per heavy atom. The molecular weight excluding hydrogens is 287 g/mol. The van der Waals surface area contributed by atoms with E-state index >= 15 is 0 Å². The summed E-state index contributed by atoms with van der Waals surface area (Å²) in [7, 11) is 0. The molecule has 1 aliphatic heterocycles. The van der Waals surface area contributed by atoms with E-state index in [-0.39, 0.29) is 11.7 Å². The first-order valence-corrected chi connectivity index (χ1v) is 6.40. The number of benzene rings is 1. The Hall–Kier alpha value is -0.940. The summed E-state index contributed by atoms with van der Waals surface area (Å²) in [6, 6.07) is 4.58. The van der Waals surface area contributed by atoms with Crippen LogP contribution in [0.25, 0.3) is 0 Å². The minimum Gasteiger partial charge on any atom is -0.326 e. The van der Waals surface area contributed by atoms with Gasteiger partial charge >= 0.3 is 0 Å². The largest absolute Gasteiger partial charge is 0.326 e. The summed E-state index contributed by atoms with van der Waals surface area (Å²) in [6.07, 6.45) is 1.52. The van der Waals surface area contributed by atoms with E-state index in [0.29, 0.717) is 22.5 Å². The van der Waals surface area contributed by atoms with Crippen LogP contribution in [0.1, 0.15) is 12.8 Å². The number of hydrogen-bond donors (Lipinski definition) is 2. The van der Waals surface area contributed by atoms with Crippen LogP contribution in [-0.2, 0) is 4.79 Å². The first-order chi connectivity index (χ1) is 8.15. The number of rotatable bonds is 3. The predicted octanol–water partition coefficient (Wildman–Crippen LogP) is 2.53. The van der Waals surface area contributed by atoms with Gasteiger partial charge in [0.15, 0.2) is 0 Å². The Morgan fingerprint density at radius 1 is 1.59 bits per heavy atom. The van der Waals surface area contributed by atoms with Crippen LogP contribution >= 0.6 is 15.9 Å². The lowest BCUT2D eigenvalue weighted by molar-refractivity contribution is -0.116. The number of halogens is 2. The van der Waals surface area contributed by atoms with Gasteiger partial charge in [-0.1, -0.05) is 0 Å². The second-order valence-electron chi connectivity index (χ2n) is 4.24. The predicted molar refractivity (Wildman–Crippen MR) is 68.3 cm³/mol. The standard InChI is InChI=1S/C12H14BrFN2O/c13-10-2-1-9(6-11(10)14)16-12(17)5-8-3-4-15-7-8/h1-2,6,8,15H,3-5,7H2,(H,16,17). The van der Waals surface area contributed by atoms with Crippen LogP contribution in [0.15, 0.2) is 22.7 Å². The molecule has 0 saturated carbocycles. The van der Waals surface area contributed by atoms with Gasteiger partial charge in [-0.05, 0) is 59.6 Å². The third-order valence-corrected chi connectivity index (χ3v) is 3.48. The van der Waals surface area contributed by atoms with Crippen LogP contribution in [-0.4, -0.2) is 19.0 Å². The number of carbonyl (C=O) groups excluding carboxylic acids is 1. The summed E-state index contributed by atoms with van der Waals surface area (Å²) in [5, 5.41) is 5.92. The first kappa shape index (κ1) is 12.5. The first-order valence-electron chi connectivity index (χ1n) is 5.61. The second-order valence-corrected chi connectivity index (χ2v) is 5.09. The maximum atomic E-state index is 13.2. The molecule has 1 fully saturated rings. The van der Waals surface area contributed by atoms with Gasteiger partial charge in [0.25, 0.3) is 0 Å². The molecule has 1 atom stereocenters. The van der Waals surface area contributed by atoms with Gasteiger partial charge in [0.1, 0.15) is 5.82 Å². The monoisotopic (exact) mass is 300 g/mol. The highest BCUT2D eigenvalue weighted by atomic mass is 79.9. The molecule has 0 radical (unpaired) electrons. The lowest BCUT2D eigenvalue weighted by Gasteiger charge is -2.09. The van der Waals surface area contributed by atoms with Gasteiger partial charge in [-0.3, -0.25) is 4.79 Å². The summed E-state index contributed by atoms with van der Waals surface area (Å²) in [5.74, 6) is -0.0268. The van der Waals surface area contributed by atoms with Crippen LogP contribution in [0.2, 0.25) is 0 Å². The molecule has 0 aromatic heterocycles. The van der Waals surface area contributed by atoms with Crippen molar-refractivity contribution in [1.29, 1.82) is 0 Å². The van der Waals surface area contributed by atoms with Crippen LogP contribution < -0.4 is 10.6 Å². The van der Waals surface area contributed by atoms with E-state index in [4.69, 9.17) is 0 Å². The Morgan fingerprint density at radius 2 is 2.41 bits per heavy atom. The van der Waals surface area contributed by atoms with Crippen molar-refractivity contribution in [3.05, 3.63) is 28.5 Å². The number of hydrogen-bond acceptors (Lipinski definition) is 2. The van der Waals surface area contributed by atoms with Gasteiger partial charge in [0, 0.05) is 12.1 Å². The average molecular weight is 301 g/mol. The summed E-state index contributed by atoms with van der Waals surface area (Å²) < 4.78 is 13.6. The quantitative estimate of drug-likeness (QED) is 0.901. The fourth-order valence-electron chi connectivity index (χ4n) is 1.94. The van der Waals surface area contributed by atoms with Crippen molar-refractivity contribution in [2.75, 3.05) is 18.4 Å². The molecule has 1 saturated heterocycles. The Kier molecular flexibility index (Phi) is 4.12. The smallest absolute Gasteiger partial charge is 0.224 e. The molecule has 0 spiro atoms. The SMILES string of the molecule is O=C(CC1CCNC1)Nc1ccc(Br)c(F)c1.